The Morgan fingerprint density at radius 1 is 0.682 bits per heavy atom. The first kappa shape index (κ1) is 20.4. The zero-order chi connectivity index (χ0) is 16.8. The predicted molar refractivity (Wildman–Crippen MR) is 86.1 cm³/mol. The van der Waals surface area contributed by atoms with Crippen LogP contribution >= 0.6 is 0 Å². The summed E-state index contributed by atoms with van der Waals surface area (Å²) in [6.45, 7) is 8.57. The van der Waals surface area contributed by atoms with E-state index in [9.17, 15) is 9.59 Å². The summed E-state index contributed by atoms with van der Waals surface area (Å²) in [5, 5.41) is 8.10. The molecule has 0 amide bonds. The number of azo groups is 1. The minimum absolute atomic E-state index is 0.522. The number of rotatable bonds is 12. The van der Waals surface area contributed by atoms with Crippen LogP contribution in [-0.4, -0.2) is 24.5 Å². The van der Waals surface area contributed by atoms with Crippen LogP contribution in [0.25, 0.3) is 0 Å². The smallest absolute Gasteiger partial charge is 0.211 e. The van der Waals surface area contributed by atoms with Crippen molar-refractivity contribution in [3.8, 4) is 0 Å². The van der Waals surface area contributed by atoms with Crippen LogP contribution in [0, 0.1) is 11.8 Å². The van der Waals surface area contributed by atoms with Crippen LogP contribution in [0.5, 0.6) is 0 Å². The van der Waals surface area contributed by atoms with Crippen molar-refractivity contribution in [3.05, 3.63) is 0 Å². The fraction of sp³-hybridized carbons (Fsp3) is 0.875. The molecule has 22 heavy (non-hydrogen) atoms. The Labute approximate surface area is 133 Å². The van der Waals surface area contributed by atoms with E-state index in [4.69, 9.17) is 0 Å². The molecule has 0 aromatic rings. The van der Waals surface area contributed by atoms with Crippen molar-refractivity contribution in [1.82, 2.24) is 0 Å². The first-order valence-corrected chi connectivity index (χ1v) is 8.03. The molecule has 2 unspecified atom stereocenters. The normalized spacial score (nSPS) is 13.9. The van der Waals surface area contributed by atoms with Crippen LogP contribution in [0.4, 0.5) is 0 Å². The van der Waals surface area contributed by atoms with Gasteiger partial charge in [0.1, 0.15) is 0 Å². The van der Waals surface area contributed by atoms with Gasteiger partial charge in [-0.15, -0.1) is 0 Å². The number of isocyanates is 2. The topological polar surface area (TPSA) is 83.6 Å². The molecule has 0 aliphatic carbocycles. The zero-order valence-electron chi connectivity index (χ0n) is 14.2. The molecule has 0 radical (unpaired) electrons. The molecule has 0 spiro atoms. The molecule has 0 rings (SSSR count). The first-order chi connectivity index (χ1) is 10.5. The van der Waals surface area contributed by atoms with E-state index < -0.39 is 12.3 Å². The lowest BCUT2D eigenvalue weighted by Crippen LogP contribution is -2.05. The number of aliphatic imine (C=N–C) groups is 2. The SMILES string of the molecule is CC(C)CCCC(N=C=O)N=NC(CCCC(C)C)N=C=O. The summed E-state index contributed by atoms with van der Waals surface area (Å²) in [5.74, 6) is 1.20. The van der Waals surface area contributed by atoms with Crippen LogP contribution in [0.3, 0.4) is 0 Å². The Morgan fingerprint density at radius 3 is 1.32 bits per heavy atom. The van der Waals surface area contributed by atoms with Crippen LogP contribution in [-0.2, 0) is 9.59 Å². The maximum Gasteiger partial charge on any atom is 0.237 e. The Hall–Kier alpha value is -1.64. The van der Waals surface area contributed by atoms with E-state index in [0.29, 0.717) is 24.7 Å². The van der Waals surface area contributed by atoms with Crippen molar-refractivity contribution in [2.75, 3.05) is 0 Å². The molecule has 0 saturated carbocycles. The van der Waals surface area contributed by atoms with Crippen molar-refractivity contribution in [2.24, 2.45) is 32.0 Å². The Morgan fingerprint density at radius 2 is 1.05 bits per heavy atom. The van der Waals surface area contributed by atoms with Gasteiger partial charge in [-0.25, -0.2) is 9.59 Å². The molecule has 0 fully saturated rings. The van der Waals surface area contributed by atoms with Gasteiger partial charge in [0.15, 0.2) is 12.3 Å². The van der Waals surface area contributed by atoms with Crippen molar-refractivity contribution >= 4 is 12.2 Å². The highest BCUT2D eigenvalue weighted by Gasteiger charge is 2.09. The zero-order valence-corrected chi connectivity index (χ0v) is 14.2. The van der Waals surface area contributed by atoms with E-state index in [0.717, 1.165) is 25.7 Å². The average Bonchev–Trinajstić information content (AvgIpc) is 2.43. The minimum atomic E-state index is -0.522. The van der Waals surface area contributed by atoms with Gasteiger partial charge in [0.2, 0.25) is 12.2 Å². The third-order valence-electron chi connectivity index (χ3n) is 3.22. The quantitative estimate of drug-likeness (QED) is 0.304. The molecule has 0 aromatic heterocycles. The molecule has 0 aliphatic rings. The molecule has 0 heterocycles. The van der Waals surface area contributed by atoms with Crippen LogP contribution in [0.1, 0.15) is 66.2 Å². The third-order valence-corrected chi connectivity index (χ3v) is 3.22. The van der Waals surface area contributed by atoms with Gasteiger partial charge in [0, 0.05) is 0 Å². The summed E-state index contributed by atoms with van der Waals surface area (Å²) >= 11 is 0. The number of nitrogens with zero attached hydrogens (tertiary/aromatic N) is 4. The summed E-state index contributed by atoms with van der Waals surface area (Å²) in [6.07, 6.45) is 7.26. The highest BCUT2D eigenvalue weighted by molar-refractivity contribution is 5.33. The Balaban J connectivity index is 4.49. The van der Waals surface area contributed by atoms with Crippen LogP contribution in [0.2, 0.25) is 0 Å². The number of carbonyl (C=O) groups excluding carboxylic acids is 2. The van der Waals surface area contributed by atoms with Gasteiger partial charge in [-0.2, -0.15) is 20.2 Å². The van der Waals surface area contributed by atoms with Crippen molar-refractivity contribution < 1.29 is 9.59 Å². The van der Waals surface area contributed by atoms with Gasteiger partial charge in [-0.3, -0.25) is 0 Å². The lowest BCUT2D eigenvalue weighted by molar-refractivity contribution is 0.463. The maximum absolute atomic E-state index is 10.5. The first-order valence-electron chi connectivity index (χ1n) is 8.03. The number of hydrogen-bond acceptors (Lipinski definition) is 6. The van der Waals surface area contributed by atoms with Gasteiger partial charge < -0.3 is 0 Å². The second kappa shape index (κ2) is 13.1. The summed E-state index contributed by atoms with van der Waals surface area (Å²) < 4.78 is 0. The molecule has 6 heteroatoms. The third kappa shape index (κ3) is 12.1. The van der Waals surface area contributed by atoms with Gasteiger partial charge in [-0.1, -0.05) is 40.5 Å². The number of hydrogen-bond donors (Lipinski definition) is 0. The highest BCUT2D eigenvalue weighted by Crippen LogP contribution is 2.15. The van der Waals surface area contributed by atoms with Crippen LogP contribution in [0.15, 0.2) is 20.2 Å². The fourth-order valence-corrected chi connectivity index (χ4v) is 1.99. The summed E-state index contributed by atoms with van der Waals surface area (Å²) in [5.41, 5.74) is 0. The lowest BCUT2D eigenvalue weighted by Gasteiger charge is -2.09. The molecule has 0 aliphatic heterocycles. The largest absolute Gasteiger partial charge is 0.237 e. The highest BCUT2D eigenvalue weighted by atomic mass is 16.1. The summed E-state index contributed by atoms with van der Waals surface area (Å²) in [7, 11) is 0. The second-order valence-electron chi connectivity index (χ2n) is 6.28. The average molecular weight is 308 g/mol. The molecule has 2 atom stereocenters. The molecule has 0 bridgehead atoms. The molecule has 124 valence electrons. The van der Waals surface area contributed by atoms with E-state index in [2.05, 4.69) is 47.9 Å². The standard InChI is InChI=1S/C16H28N4O2/c1-13(2)7-5-9-15(17-11-21)19-20-16(18-12-22)10-6-8-14(3)4/h13-16H,5-10H2,1-4H3. The monoisotopic (exact) mass is 308 g/mol. The Bertz CT molecular complexity index is 370. The van der Waals surface area contributed by atoms with Gasteiger partial charge in [0.05, 0.1) is 0 Å². The molecule has 0 aromatic carbocycles. The minimum Gasteiger partial charge on any atom is -0.211 e. The van der Waals surface area contributed by atoms with Gasteiger partial charge in [-0.05, 0) is 37.5 Å². The lowest BCUT2D eigenvalue weighted by atomic mass is 10.1. The molecular weight excluding hydrogens is 280 g/mol. The second-order valence-corrected chi connectivity index (χ2v) is 6.28. The van der Waals surface area contributed by atoms with Crippen molar-refractivity contribution in [1.29, 1.82) is 0 Å². The molecule has 0 N–H and O–H groups in total. The van der Waals surface area contributed by atoms with E-state index in [-0.39, 0.29) is 0 Å². The van der Waals surface area contributed by atoms with Gasteiger partial charge in [0.25, 0.3) is 0 Å². The summed E-state index contributed by atoms with van der Waals surface area (Å²) in [4.78, 5) is 28.2. The van der Waals surface area contributed by atoms with Gasteiger partial charge >= 0.3 is 0 Å². The van der Waals surface area contributed by atoms with Crippen molar-refractivity contribution in [2.45, 2.75) is 78.6 Å². The van der Waals surface area contributed by atoms with E-state index in [1.54, 1.807) is 0 Å². The molecular formula is C16H28N4O2. The Kier molecular flexibility index (Phi) is 12.1. The van der Waals surface area contributed by atoms with Crippen LogP contribution < -0.4 is 0 Å². The maximum atomic E-state index is 10.5. The fourth-order valence-electron chi connectivity index (χ4n) is 1.99. The van der Waals surface area contributed by atoms with E-state index >= 15 is 0 Å². The van der Waals surface area contributed by atoms with E-state index in [1.165, 1.54) is 12.2 Å². The predicted octanol–water partition coefficient (Wildman–Crippen LogP) is 4.42. The van der Waals surface area contributed by atoms with Crippen molar-refractivity contribution in [3.63, 3.8) is 0 Å². The van der Waals surface area contributed by atoms with E-state index in [1.807, 2.05) is 0 Å². The molecule has 6 nitrogen and oxygen atoms in total. The summed E-state index contributed by atoms with van der Waals surface area (Å²) in [6, 6.07) is 0. The molecule has 0 saturated heterocycles.